The number of aryl methyl sites for hydroxylation is 3. The van der Waals surface area contributed by atoms with Crippen LogP contribution in [0.2, 0.25) is 0 Å². The van der Waals surface area contributed by atoms with Crippen molar-refractivity contribution in [1.82, 2.24) is 0 Å². The van der Waals surface area contributed by atoms with Crippen LogP contribution in [-0.4, -0.2) is 12.6 Å². The molecule has 3 heteroatoms. The summed E-state index contributed by atoms with van der Waals surface area (Å²) in [4.78, 5) is 26.6. The molecule has 3 nitrogen and oxygen atoms in total. The Balaban J connectivity index is 2.14. The highest BCUT2D eigenvalue weighted by atomic mass is 16.2. The SMILES string of the molecule is Cc1cc(C)c(-c2c(N3CCCC[C@H]3C)c(=O)c2=O)cc1C. The molecule has 2 aromatic rings. The molecule has 22 heavy (non-hydrogen) atoms. The molecule has 0 amide bonds. The van der Waals surface area contributed by atoms with Gasteiger partial charge in [0.2, 0.25) is 10.9 Å². The first-order chi connectivity index (χ1) is 10.4. The topological polar surface area (TPSA) is 37.4 Å². The molecule has 0 unspecified atom stereocenters. The van der Waals surface area contributed by atoms with Crippen molar-refractivity contribution in [3.63, 3.8) is 0 Å². The van der Waals surface area contributed by atoms with Crippen LogP contribution in [0, 0.1) is 20.8 Å². The predicted octanol–water partition coefficient (Wildman–Crippen LogP) is 3.25. The lowest BCUT2D eigenvalue weighted by atomic mass is 9.89. The largest absolute Gasteiger partial charge is 0.365 e. The van der Waals surface area contributed by atoms with Crippen LogP contribution in [0.25, 0.3) is 11.1 Å². The molecule has 1 aliphatic heterocycles. The van der Waals surface area contributed by atoms with Crippen molar-refractivity contribution in [3.8, 4) is 11.1 Å². The number of anilines is 1. The van der Waals surface area contributed by atoms with Crippen molar-refractivity contribution in [3.05, 3.63) is 49.3 Å². The fourth-order valence-corrected chi connectivity index (χ4v) is 3.56. The van der Waals surface area contributed by atoms with E-state index in [0.717, 1.165) is 36.1 Å². The van der Waals surface area contributed by atoms with Crippen molar-refractivity contribution in [2.24, 2.45) is 0 Å². The lowest BCUT2D eigenvalue weighted by molar-refractivity contribution is 0.483. The fourth-order valence-electron chi connectivity index (χ4n) is 3.56. The van der Waals surface area contributed by atoms with Crippen molar-refractivity contribution in [2.45, 2.75) is 53.0 Å². The average molecular weight is 297 g/mol. The zero-order chi connectivity index (χ0) is 16.0. The van der Waals surface area contributed by atoms with Gasteiger partial charge in [-0.25, -0.2) is 0 Å². The van der Waals surface area contributed by atoms with E-state index in [4.69, 9.17) is 0 Å². The Bertz CT molecular complexity index is 796. The molecule has 1 aliphatic rings. The minimum atomic E-state index is -0.320. The first kappa shape index (κ1) is 15.0. The number of hydrogen-bond acceptors (Lipinski definition) is 3. The van der Waals surface area contributed by atoms with Crippen LogP contribution in [0.15, 0.2) is 21.7 Å². The Morgan fingerprint density at radius 3 is 2.32 bits per heavy atom. The fraction of sp³-hybridized carbons (Fsp3) is 0.474. The van der Waals surface area contributed by atoms with E-state index in [1.807, 2.05) is 13.8 Å². The van der Waals surface area contributed by atoms with E-state index in [1.54, 1.807) is 0 Å². The summed E-state index contributed by atoms with van der Waals surface area (Å²) in [6.45, 7) is 9.16. The molecule has 0 spiro atoms. The first-order valence-corrected chi connectivity index (χ1v) is 8.10. The van der Waals surface area contributed by atoms with Crippen molar-refractivity contribution < 1.29 is 0 Å². The quantitative estimate of drug-likeness (QED) is 0.799. The maximum Gasteiger partial charge on any atom is 0.250 e. The predicted molar refractivity (Wildman–Crippen MR) is 91.7 cm³/mol. The van der Waals surface area contributed by atoms with Crippen molar-refractivity contribution in [1.29, 1.82) is 0 Å². The van der Waals surface area contributed by atoms with Crippen molar-refractivity contribution in [2.75, 3.05) is 11.4 Å². The average Bonchev–Trinajstić information content (AvgIpc) is 2.49. The molecule has 3 rings (SSSR count). The van der Waals surface area contributed by atoms with E-state index in [2.05, 4.69) is 30.9 Å². The molecule has 0 N–H and O–H groups in total. The highest BCUT2D eigenvalue weighted by Crippen LogP contribution is 2.34. The van der Waals surface area contributed by atoms with Gasteiger partial charge in [0.25, 0.3) is 0 Å². The van der Waals surface area contributed by atoms with Crippen molar-refractivity contribution >= 4 is 5.69 Å². The summed E-state index contributed by atoms with van der Waals surface area (Å²) in [6, 6.07) is 4.49. The summed E-state index contributed by atoms with van der Waals surface area (Å²) in [7, 11) is 0. The summed E-state index contributed by atoms with van der Waals surface area (Å²) in [5, 5.41) is 0. The van der Waals surface area contributed by atoms with E-state index in [-0.39, 0.29) is 10.9 Å². The molecule has 1 saturated heterocycles. The summed E-state index contributed by atoms with van der Waals surface area (Å²) >= 11 is 0. The Kier molecular flexibility index (Phi) is 3.67. The Morgan fingerprint density at radius 1 is 0.955 bits per heavy atom. The molecule has 1 heterocycles. The maximum atomic E-state index is 12.2. The van der Waals surface area contributed by atoms with Crippen LogP contribution in [0.1, 0.15) is 42.9 Å². The number of rotatable bonds is 2. The number of piperidine rings is 1. The van der Waals surface area contributed by atoms with Gasteiger partial charge in [-0.3, -0.25) is 9.59 Å². The first-order valence-electron chi connectivity index (χ1n) is 8.10. The zero-order valence-corrected chi connectivity index (χ0v) is 13.8. The van der Waals surface area contributed by atoms with Gasteiger partial charge in [-0.05, 0) is 69.2 Å². The Hall–Kier alpha value is -1.90. The van der Waals surface area contributed by atoms with E-state index in [0.29, 0.717) is 17.3 Å². The maximum absolute atomic E-state index is 12.2. The third-order valence-electron chi connectivity index (χ3n) is 5.09. The van der Waals surface area contributed by atoms with Crippen LogP contribution in [0.4, 0.5) is 5.69 Å². The Labute approximate surface area is 131 Å². The second kappa shape index (κ2) is 5.38. The third kappa shape index (κ3) is 2.20. The number of nitrogens with zero attached hydrogens (tertiary/aromatic N) is 1. The van der Waals surface area contributed by atoms with Gasteiger partial charge in [-0.2, -0.15) is 0 Å². The third-order valence-corrected chi connectivity index (χ3v) is 5.09. The molecule has 0 bridgehead atoms. The second-order valence-corrected chi connectivity index (χ2v) is 6.67. The molecule has 1 atom stereocenters. The van der Waals surface area contributed by atoms with Gasteiger partial charge in [0.05, 0.1) is 5.56 Å². The molecular weight excluding hydrogens is 274 g/mol. The van der Waals surface area contributed by atoms with E-state index < -0.39 is 0 Å². The monoisotopic (exact) mass is 297 g/mol. The van der Waals surface area contributed by atoms with Crippen LogP contribution >= 0.6 is 0 Å². The number of hydrogen-bond donors (Lipinski definition) is 0. The normalized spacial score (nSPS) is 18.9. The molecular formula is C19H23NO2. The number of benzene rings is 1. The molecule has 1 fully saturated rings. The van der Waals surface area contributed by atoms with Crippen LogP contribution in [-0.2, 0) is 0 Å². The second-order valence-electron chi connectivity index (χ2n) is 6.67. The van der Waals surface area contributed by atoms with Gasteiger partial charge in [0, 0.05) is 12.6 Å². The summed E-state index contributed by atoms with van der Waals surface area (Å²) < 4.78 is 0. The van der Waals surface area contributed by atoms with Crippen LogP contribution in [0.3, 0.4) is 0 Å². The highest BCUT2D eigenvalue weighted by Gasteiger charge is 2.31. The van der Waals surface area contributed by atoms with E-state index in [1.165, 1.54) is 12.0 Å². The summed E-state index contributed by atoms with van der Waals surface area (Å²) in [6.07, 6.45) is 3.38. The van der Waals surface area contributed by atoms with Gasteiger partial charge in [0.15, 0.2) is 0 Å². The van der Waals surface area contributed by atoms with Gasteiger partial charge in [-0.1, -0.05) is 12.1 Å². The van der Waals surface area contributed by atoms with E-state index in [9.17, 15) is 9.59 Å². The lowest BCUT2D eigenvalue weighted by Gasteiger charge is -2.37. The van der Waals surface area contributed by atoms with Crippen LogP contribution in [0.5, 0.6) is 0 Å². The van der Waals surface area contributed by atoms with Crippen LogP contribution < -0.4 is 15.8 Å². The molecule has 2 aromatic carbocycles. The molecule has 116 valence electrons. The van der Waals surface area contributed by atoms with Gasteiger partial charge in [-0.15, -0.1) is 0 Å². The smallest absolute Gasteiger partial charge is 0.250 e. The molecule has 0 radical (unpaired) electrons. The standard InChI is InChI=1S/C19H23NO2/c1-11-9-13(3)15(10-12(11)2)16-17(19(22)18(16)21)20-8-6-5-7-14(20)4/h9-10,14H,5-8H2,1-4H3/t14-/m1/s1. The Morgan fingerprint density at radius 2 is 1.64 bits per heavy atom. The molecule has 0 aliphatic carbocycles. The lowest BCUT2D eigenvalue weighted by Crippen LogP contribution is -2.47. The molecule has 0 aromatic heterocycles. The van der Waals surface area contributed by atoms with E-state index >= 15 is 0 Å². The summed E-state index contributed by atoms with van der Waals surface area (Å²) in [5.41, 5.74) is 5.05. The minimum absolute atomic E-state index is 0.304. The van der Waals surface area contributed by atoms with Gasteiger partial charge >= 0.3 is 0 Å². The molecule has 0 saturated carbocycles. The summed E-state index contributed by atoms with van der Waals surface area (Å²) in [5.74, 6) is 0. The minimum Gasteiger partial charge on any atom is -0.365 e. The van der Waals surface area contributed by atoms with Gasteiger partial charge < -0.3 is 4.90 Å². The highest BCUT2D eigenvalue weighted by molar-refractivity contribution is 5.85. The zero-order valence-electron chi connectivity index (χ0n) is 13.8. The van der Waals surface area contributed by atoms with Gasteiger partial charge in [0.1, 0.15) is 5.69 Å².